The largest absolute Gasteiger partial charge is 0.325 e. The van der Waals surface area contributed by atoms with Gasteiger partial charge in [-0.25, -0.2) is 4.39 Å². The summed E-state index contributed by atoms with van der Waals surface area (Å²) in [5.74, 6) is -0.576. The van der Waals surface area contributed by atoms with Crippen LogP contribution in [0.4, 0.5) is 10.1 Å². The Labute approximate surface area is 126 Å². The number of hydrogen-bond acceptors (Lipinski definition) is 2. The molecule has 118 valence electrons. The highest BCUT2D eigenvalue weighted by molar-refractivity contribution is 7.70. The molecule has 0 bridgehead atoms. The number of carbonyl (C=O) groups excluding carboxylic acids is 1. The molecule has 1 N–H and O–H groups in total. The van der Waals surface area contributed by atoms with Gasteiger partial charge in [0.25, 0.3) is 0 Å². The van der Waals surface area contributed by atoms with Gasteiger partial charge in [0.15, 0.2) is 0 Å². The monoisotopic (exact) mass is 313 g/mol. The molecule has 0 aliphatic carbocycles. The van der Waals surface area contributed by atoms with Crippen molar-refractivity contribution in [1.82, 2.24) is 0 Å². The van der Waals surface area contributed by atoms with E-state index in [1.54, 1.807) is 13.3 Å². The van der Waals surface area contributed by atoms with Crippen LogP contribution in [0.2, 0.25) is 0 Å². The maximum absolute atomic E-state index is 13.4. The number of nitrogens with one attached hydrogen (secondary N) is 1. The molecule has 5 heteroatoms. The predicted octanol–water partition coefficient (Wildman–Crippen LogP) is 4.23. The van der Waals surface area contributed by atoms with Crippen LogP contribution in [-0.4, -0.2) is 19.2 Å². The van der Waals surface area contributed by atoms with E-state index >= 15 is 0 Å². The summed E-state index contributed by atoms with van der Waals surface area (Å²) >= 11 is 0. The summed E-state index contributed by atoms with van der Waals surface area (Å²) in [6.07, 6.45) is 3.65. The molecule has 0 radical (unpaired) electrons. The summed E-state index contributed by atoms with van der Waals surface area (Å²) < 4.78 is 25.6. The van der Waals surface area contributed by atoms with Gasteiger partial charge in [0, 0.05) is 11.2 Å². The highest BCUT2D eigenvalue weighted by atomic mass is 31.2. The second-order valence-corrected chi connectivity index (χ2v) is 8.93. The fourth-order valence-electron chi connectivity index (χ4n) is 2.26. The first-order valence-electron chi connectivity index (χ1n) is 7.45. The lowest BCUT2D eigenvalue weighted by Crippen LogP contribution is -2.25. The van der Waals surface area contributed by atoms with E-state index in [-0.39, 0.29) is 11.8 Å². The number of hydrogen-bond donors (Lipinski definition) is 1. The van der Waals surface area contributed by atoms with Crippen LogP contribution in [-0.2, 0) is 9.36 Å². The second kappa shape index (κ2) is 7.74. The fraction of sp³-hybridized carbons (Fsp3) is 0.562. The molecular formula is C16H25FNO2P. The maximum atomic E-state index is 13.4. The van der Waals surface area contributed by atoms with Gasteiger partial charge in [0.2, 0.25) is 5.91 Å². The van der Waals surface area contributed by atoms with Gasteiger partial charge in [-0.1, -0.05) is 26.7 Å². The summed E-state index contributed by atoms with van der Waals surface area (Å²) in [5.41, 5.74) is 0.463. The molecule has 1 aromatic rings. The fourth-order valence-corrected chi connectivity index (χ4v) is 3.41. The third-order valence-electron chi connectivity index (χ3n) is 3.57. The van der Waals surface area contributed by atoms with E-state index in [2.05, 4.69) is 12.2 Å². The molecule has 0 aromatic heterocycles. The molecule has 1 amide bonds. The van der Waals surface area contributed by atoms with Gasteiger partial charge in [0.1, 0.15) is 13.0 Å². The third-order valence-corrected chi connectivity index (χ3v) is 5.10. The van der Waals surface area contributed by atoms with E-state index < -0.39 is 13.0 Å². The molecule has 21 heavy (non-hydrogen) atoms. The molecule has 0 aliphatic rings. The van der Waals surface area contributed by atoms with Crippen molar-refractivity contribution in [3.8, 4) is 0 Å². The van der Waals surface area contributed by atoms with E-state index in [1.807, 2.05) is 6.92 Å². The molecule has 0 heterocycles. The number of amides is 1. The Balaban J connectivity index is 2.97. The van der Waals surface area contributed by atoms with E-state index in [0.717, 1.165) is 25.7 Å². The molecule has 1 rings (SSSR count). The van der Waals surface area contributed by atoms with Crippen molar-refractivity contribution in [3.05, 3.63) is 24.0 Å². The zero-order chi connectivity index (χ0) is 16.0. The predicted molar refractivity (Wildman–Crippen MR) is 87.4 cm³/mol. The average Bonchev–Trinajstić information content (AvgIpc) is 2.40. The first-order chi connectivity index (χ1) is 9.79. The Kier molecular flexibility index (Phi) is 6.60. The lowest BCUT2D eigenvalue weighted by molar-refractivity contribution is -0.120. The van der Waals surface area contributed by atoms with Crippen LogP contribution in [0.1, 0.15) is 39.5 Å². The van der Waals surface area contributed by atoms with Crippen molar-refractivity contribution in [1.29, 1.82) is 0 Å². The van der Waals surface area contributed by atoms with E-state index in [4.69, 9.17) is 0 Å². The lowest BCUT2D eigenvalue weighted by atomic mass is 9.98. The molecule has 0 spiro atoms. The van der Waals surface area contributed by atoms with Crippen LogP contribution in [0.25, 0.3) is 0 Å². The quantitative estimate of drug-likeness (QED) is 0.766. The van der Waals surface area contributed by atoms with Crippen molar-refractivity contribution in [2.24, 2.45) is 5.92 Å². The Bertz CT molecular complexity index is 539. The smallest absolute Gasteiger partial charge is 0.227 e. The molecule has 3 nitrogen and oxygen atoms in total. The summed E-state index contributed by atoms with van der Waals surface area (Å²) in [6.45, 7) is 7.22. The minimum atomic E-state index is -2.65. The van der Waals surface area contributed by atoms with Crippen molar-refractivity contribution in [3.63, 3.8) is 0 Å². The molecule has 1 atom stereocenters. The number of halogens is 1. The van der Waals surface area contributed by atoms with Gasteiger partial charge in [0.05, 0.1) is 5.69 Å². The molecule has 0 saturated heterocycles. The van der Waals surface area contributed by atoms with Crippen molar-refractivity contribution in [2.75, 3.05) is 18.6 Å². The Morgan fingerprint density at radius 1 is 1.33 bits per heavy atom. The molecular weight excluding hydrogens is 288 g/mol. The Hall–Kier alpha value is -1.15. The summed E-state index contributed by atoms with van der Waals surface area (Å²) in [4.78, 5) is 12.3. The third kappa shape index (κ3) is 5.28. The Morgan fingerprint density at radius 3 is 2.52 bits per heavy atom. The van der Waals surface area contributed by atoms with E-state index in [1.165, 1.54) is 18.2 Å². The first kappa shape index (κ1) is 17.9. The van der Waals surface area contributed by atoms with E-state index in [0.29, 0.717) is 11.0 Å². The number of benzene rings is 1. The number of anilines is 1. The van der Waals surface area contributed by atoms with Gasteiger partial charge < -0.3 is 9.88 Å². The van der Waals surface area contributed by atoms with Crippen LogP contribution in [0.5, 0.6) is 0 Å². The van der Waals surface area contributed by atoms with Crippen molar-refractivity contribution < 1.29 is 13.8 Å². The highest BCUT2D eigenvalue weighted by Gasteiger charge is 2.21. The zero-order valence-corrected chi connectivity index (χ0v) is 14.2. The number of carbonyl (C=O) groups is 1. The lowest BCUT2D eigenvalue weighted by Gasteiger charge is -2.18. The molecule has 1 unspecified atom stereocenters. The van der Waals surface area contributed by atoms with Gasteiger partial charge in [-0.05, 0) is 44.4 Å². The van der Waals surface area contributed by atoms with Crippen LogP contribution in [0.15, 0.2) is 18.2 Å². The summed E-state index contributed by atoms with van der Waals surface area (Å²) in [5, 5.41) is 3.22. The van der Waals surface area contributed by atoms with Gasteiger partial charge in [-0.3, -0.25) is 4.79 Å². The van der Waals surface area contributed by atoms with Crippen molar-refractivity contribution >= 4 is 24.0 Å². The highest BCUT2D eigenvalue weighted by Crippen LogP contribution is 2.38. The van der Waals surface area contributed by atoms with Crippen LogP contribution in [0.3, 0.4) is 0 Å². The van der Waals surface area contributed by atoms with Crippen LogP contribution < -0.4 is 10.6 Å². The van der Waals surface area contributed by atoms with Gasteiger partial charge >= 0.3 is 0 Å². The molecule has 1 aromatic carbocycles. The minimum Gasteiger partial charge on any atom is -0.325 e. The SMILES string of the molecule is CCCCC(CC)C(=O)Nc1ccc(F)cc1P(C)(C)=O. The average molecular weight is 313 g/mol. The topological polar surface area (TPSA) is 46.2 Å². The molecule has 0 aliphatic heterocycles. The van der Waals surface area contributed by atoms with Crippen LogP contribution in [0, 0.1) is 11.7 Å². The minimum absolute atomic E-state index is 0.0593. The Morgan fingerprint density at radius 2 is 2.00 bits per heavy atom. The van der Waals surface area contributed by atoms with Gasteiger partial charge in [-0.2, -0.15) is 0 Å². The summed E-state index contributed by atoms with van der Waals surface area (Å²) in [6, 6.07) is 4.03. The maximum Gasteiger partial charge on any atom is 0.227 e. The normalized spacial score (nSPS) is 13.0. The number of unbranched alkanes of at least 4 members (excludes halogenated alkanes) is 1. The summed E-state index contributed by atoms with van der Waals surface area (Å²) in [7, 11) is -2.65. The molecule has 0 fully saturated rings. The first-order valence-corrected chi connectivity index (χ1v) is 10.1. The zero-order valence-electron chi connectivity index (χ0n) is 13.3. The van der Waals surface area contributed by atoms with Gasteiger partial charge in [-0.15, -0.1) is 0 Å². The number of rotatable bonds is 7. The van der Waals surface area contributed by atoms with E-state index in [9.17, 15) is 13.8 Å². The van der Waals surface area contributed by atoms with Crippen LogP contribution >= 0.6 is 7.14 Å². The second-order valence-electron chi connectivity index (χ2n) is 5.75. The molecule has 0 saturated carbocycles. The standard InChI is InChI=1S/C16H25FNO2P/c1-5-7-8-12(6-2)16(19)18-14-10-9-13(17)11-15(14)21(3,4)20/h9-12H,5-8H2,1-4H3,(H,18,19). The van der Waals surface area contributed by atoms with Crippen molar-refractivity contribution in [2.45, 2.75) is 39.5 Å².